The largest absolute Gasteiger partial charge is 0.478 e. The van der Waals surface area contributed by atoms with Crippen LogP contribution in [0.2, 0.25) is 10.0 Å². The van der Waals surface area contributed by atoms with Crippen LogP contribution in [0, 0.1) is 0 Å². The first-order valence-corrected chi connectivity index (χ1v) is 7.99. The van der Waals surface area contributed by atoms with Crippen LogP contribution in [-0.4, -0.2) is 17.0 Å². The molecule has 0 heterocycles. The number of nitrogens with one attached hydrogen (secondary N) is 1. The number of rotatable bonds is 3. The summed E-state index contributed by atoms with van der Waals surface area (Å²) in [6.07, 6.45) is 0. The molecule has 2 aromatic rings. The van der Waals surface area contributed by atoms with Crippen LogP contribution in [0.1, 0.15) is 47.1 Å². The molecular formula is C18H17Cl2NO3. The summed E-state index contributed by atoms with van der Waals surface area (Å²) in [5.41, 5.74) is 1.62. The van der Waals surface area contributed by atoms with Crippen molar-refractivity contribution in [3.8, 4) is 0 Å². The molecule has 0 aliphatic heterocycles. The molecule has 24 heavy (non-hydrogen) atoms. The van der Waals surface area contributed by atoms with E-state index in [2.05, 4.69) is 26.1 Å². The van der Waals surface area contributed by atoms with Gasteiger partial charge in [-0.05, 0) is 35.2 Å². The van der Waals surface area contributed by atoms with Crippen molar-refractivity contribution in [1.29, 1.82) is 0 Å². The van der Waals surface area contributed by atoms with E-state index >= 15 is 0 Å². The van der Waals surface area contributed by atoms with Gasteiger partial charge in [0.2, 0.25) is 0 Å². The fourth-order valence-corrected chi connectivity index (χ4v) is 2.64. The molecule has 0 bridgehead atoms. The summed E-state index contributed by atoms with van der Waals surface area (Å²) in [5.74, 6) is -1.57. The molecule has 126 valence electrons. The van der Waals surface area contributed by atoms with Crippen molar-refractivity contribution in [1.82, 2.24) is 0 Å². The summed E-state index contributed by atoms with van der Waals surface area (Å²) in [7, 11) is 0. The fraction of sp³-hybridized carbons (Fsp3) is 0.222. The molecule has 0 saturated heterocycles. The van der Waals surface area contributed by atoms with E-state index in [1.165, 1.54) is 12.1 Å². The van der Waals surface area contributed by atoms with Gasteiger partial charge in [0.25, 0.3) is 5.91 Å². The molecule has 0 fully saturated rings. The Balaban J connectivity index is 2.27. The standard InChI is InChI=1S/C18H17Cl2NO3/c1-18(2,3)11-6-4-10(5-7-11)16(22)21-15-8-12(17(23)24)13(19)9-14(15)20/h4-9H,1-3H3,(H,21,22)(H,23,24). The summed E-state index contributed by atoms with van der Waals surface area (Å²) in [6, 6.07) is 9.76. The molecule has 0 aromatic heterocycles. The quantitative estimate of drug-likeness (QED) is 0.781. The Bertz CT molecular complexity index is 793. The first-order valence-electron chi connectivity index (χ1n) is 7.24. The Morgan fingerprint density at radius 3 is 2.08 bits per heavy atom. The average Bonchev–Trinajstić information content (AvgIpc) is 2.48. The molecule has 0 aliphatic rings. The van der Waals surface area contributed by atoms with Gasteiger partial charge in [0.1, 0.15) is 0 Å². The van der Waals surface area contributed by atoms with Crippen LogP contribution in [-0.2, 0) is 5.41 Å². The highest BCUT2D eigenvalue weighted by atomic mass is 35.5. The smallest absolute Gasteiger partial charge is 0.337 e. The molecule has 0 spiro atoms. The minimum Gasteiger partial charge on any atom is -0.478 e. The first-order chi connectivity index (χ1) is 11.1. The number of hydrogen-bond acceptors (Lipinski definition) is 2. The lowest BCUT2D eigenvalue weighted by molar-refractivity contribution is 0.0696. The summed E-state index contributed by atoms with van der Waals surface area (Å²) in [4.78, 5) is 23.5. The van der Waals surface area contributed by atoms with E-state index in [0.717, 1.165) is 5.56 Å². The van der Waals surface area contributed by atoms with Gasteiger partial charge >= 0.3 is 5.97 Å². The predicted octanol–water partition coefficient (Wildman–Crippen LogP) is 5.24. The van der Waals surface area contributed by atoms with Gasteiger partial charge in [-0.1, -0.05) is 56.1 Å². The van der Waals surface area contributed by atoms with Gasteiger partial charge in [0.15, 0.2) is 0 Å². The maximum Gasteiger partial charge on any atom is 0.337 e. The summed E-state index contributed by atoms with van der Waals surface area (Å²) in [5, 5.41) is 11.9. The third-order valence-electron chi connectivity index (χ3n) is 3.55. The Morgan fingerprint density at radius 1 is 1.00 bits per heavy atom. The van der Waals surface area contributed by atoms with E-state index in [1.54, 1.807) is 12.1 Å². The SMILES string of the molecule is CC(C)(C)c1ccc(C(=O)Nc2cc(C(=O)O)c(Cl)cc2Cl)cc1. The number of benzene rings is 2. The van der Waals surface area contributed by atoms with Gasteiger partial charge in [-0.2, -0.15) is 0 Å². The number of hydrogen-bond donors (Lipinski definition) is 2. The number of halogens is 2. The van der Waals surface area contributed by atoms with Gasteiger partial charge in [-0.15, -0.1) is 0 Å². The highest BCUT2D eigenvalue weighted by molar-refractivity contribution is 6.38. The van der Waals surface area contributed by atoms with Crippen LogP contribution in [0.5, 0.6) is 0 Å². The topological polar surface area (TPSA) is 66.4 Å². The molecule has 0 unspecified atom stereocenters. The number of carboxylic acids is 1. The Hall–Kier alpha value is -2.04. The van der Waals surface area contributed by atoms with Crippen LogP contribution in [0.3, 0.4) is 0 Å². The molecule has 2 aromatic carbocycles. The average molecular weight is 366 g/mol. The van der Waals surface area contributed by atoms with Crippen LogP contribution < -0.4 is 5.32 Å². The van der Waals surface area contributed by atoms with Crippen molar-refractivity contribution >= 4 is 40.8 Å². The van der Waals surface area contributed by atoms with Crippen molar-refractivity contribution < 1.29 is 14.7 Å². The highest BCUT2D eigenvalue weighted by Gasteiger charge is 2.17. The Morgan fingerprint density at radius 2 is 1.58 bits per heavy atom. The van der Waals surface area contributed by atoms with E-state index in [4.69, 9.17) is 28.3 Å². The summed E-state index contributed by atoms with van der Waals surface area (Å²) >= 11 is 11.9. The van der Waals surface area contributed by atoms with Crippen molar-refractivity contribution in [2.24, 2.45) is 0 Å². The second kappa shape index (κ2) is 6.83. The van der Waals surface area contributed by atoms with E-state index < -0.39 is 5.97 Å². The lowest BCUT2D eigenvalue weighted by Gasteiger charge is -2.19. The number of carbonyl (C=O) groups excluding carboxylic acids is 1. The lowest BCUT2D eigenvalue weighted by atomic mass is 9.87. The van der Waals surface area contributed by atoms with Gasteiger partial charge in [0, 0.05) is 5.56 Å². The van der Waals surface area contributed by atoms with E-state index in [-0.39, 0.29) is 32.6 Å². The number of anilines is 1. The van der Waals surface area contributed by atoms with Gasteiger partial charge in [0.05, 0.1) is 21.3 Å². The van der Waals surface area contributed by atoms with Gasteiger partial charge in [-0.3, -0.25) is 4.79 Å². The second-order valence-corrected chi connectivity index (χ2v) is 7.21. The fourth-order valence-electron chi connectivity index (χ4n) is 2.12. The predicted molar refractivity (Wildman–Crippen MR) is 96.5 cm³/mol. The van der Waals surface area contributed by atoms with Crippen molar-refractivity contribution in [2.45, 2.75) is 26.2 Å². The van der Waals surface area contributed by atoms with Crippen LogP contribution in [0.25, 0.3) is 0 Å². The maximum atomic E-state index is 12.3. The normalized spacial score (nSPS) is 11.2. The van der Waals surface area contributed by atoms with Crippen LogP contribution >= 0.6 is 23.2 Å². The maximum absolute atomic E-state index is 12.3. The molecule has 1 amide bonds. The molecule has 0 aliphatic carbocycles. The third kappa shape index (κ3) is 4.08. The van der Waals surface area contributed by atoms with Crippen molar-refractivity contribution in [2.75, 3.05) is 5.32 Å². The molecule has 2 N–H and O–H groups in total. The van der Waals surface area contributed by atoms with E-state index in [9.17, 15) is 9.59 Å². The Kier molecular flexibility index (Phi) is 5.21. The van der Waals surface area contributed by atoms with Crippen LogP contribution in [0.15, 0.2) is 36.4 Å². The molecule has 6 heteroatoms. The summed E-state index contributed by atoms with van der Waals surface area (Å²) < 4.78 is 0. The minimum atomic E-state index is -1.19. The zero-order chi connectivity index (χ0) is 18.1. The van der Waals surface area contributed by atoms with Gasteiger partial charge in [-0.25, -0.2) is 4.79 Å². The highest BCUT2D eigenvalue weighted by Crippen LogP contribution is 2.30. The van der Waals surface area contributed by atoms with E-state index in [1.807, 2.05) is 12.1 Å². The monoisotopic (exact) mass is 365 g/mol. The number of aromatic carboxylic acids is 1. The number of carbonyl (C=O) groups is 2. The molecule has 0 saturated carbocycles. The Labute approximate surface area is 150 Å². The molecule has 0 radical (unpaired) electrons. The van der Waals surface area contributed by atoms with Crippen molar-refractivity contribution in [3.63, 3.8) is 0 Å². The molecular weight excluding hydrogens is 349 g/mol. The minimum absolute atomic E-state index is 0.00905. The third-order valence-corrected chi connectivity index (χ3v) is 4.17. The number of carboxylic acid groups (broad SMARTS) is 1. The molecule has 4 nitrogen and oxygen atoms in total. The summed E-state index contributed by atoms with van der Waals surface area (Å²) in [6.45, 7) is 6.26. The van der Waals surface area contributed by atoms with Crippen LogP contribution in [0.4, 0.5) is 5.69 Å². The molecule has 0 atom stereocenters. The van der Waals surface area contributed by atoms with Crippen molar-refractivity contribution in [3.05, 3.63) is 63.1 Å². The zero-order valence-corrected chi connectivity index (χ0v) is 15.0. The molecule has 2 rings (SSSR count). The second-order valence-electron chi connectivity index (χ2n) is 6.40. The first kappa shape index (κ1) is 18.3. The van der Waals surface area contributed by atoms with E-state index in [0.29, 0.717) is 5.56 Å². The lowest BCUT2D eigenvalue weighted by Crippen LogP contribution is -2.15. The zero-order valence-electron chi connectivity index (χ0n) is 13.5. The number of amides is 1. The van der Waals surface area contributed by atoms with Gasteiger partial charge < -0.3 is 10.4 Å².